The van der Waals surface area contributed by atoms with E-state index < -0.39 is 0 Å². The van der Waals surface area contributed by atoms with Gasteiger partial charge in [-0.25, -0.2) is 0 Å². The van der Waals surface area contributed by atoms with Crippen molar-refractivity contribution in [3.8, 4) is 33.4 Å². The van der Waals surface area contributed by atoms with Gasteiger partial charge in [0.15, 0.2) is 0 Å². The molecule has 0 spiro atoms. The molecule has 0 aliphatic carbocycles. The predicted molar refractivity (Wildman–Crippen MR) is 348 cm³/mol. The third kappa shape index (κ3) is 7.12. The highest BCUT2D eigenvalue weighted by atomic mass is 15.2. The number of anilines is 9. The van der Waals surface area contributed by atoms with Crippen LogP contribution in [0.4, 0.5) is 51.2 Å². The normalized spacial score (nSPS) is 13.2. The minimum absolute atomic E-state index is 0.322. The van der Waals surface area contributed by atoms with Crippen molar-refractivity contribution in [3.63, 3.8) is 0 Å². The molecule has 0 saturated heterocycles. The van der Waals surface area contributed by atoms with Gasteiger partial charge >= 0.3 is 0 Å². The lowest BCUT2D eigenvalue weighted by Crippen LogP contribution is -2.55. The van der Waals surface area contributed by atoms with Gasteiger partial charge in [-0.15, -0.1) is 0 Å². The molecule has 12 aromatic carbocycles. The molecule has 3 nitrogen and oxygen atoms in total. The topological polar surface area (TPSA) is 9.72 Å². The van der Waals surface area contributed by atoms with Crippen LogP contribution in [0.25, 0.3) is 33.4 Å². The highest BCUT2D eigenvalue weighted by molar-refractivity contribution is 7.03. The average Bonchev–Trinajstić information content (AvgIpc) is 3.66. The Hall–Kier alpha value is -9.77. The zero-order valence-corrected chi connectivity index (χ0v) is 45.6. The Morgan fingerprint density at radius 3 is 1.19 bits per heavy atom. The number of hydrogen-bond donors (Lipinski definition) is 0. The number of benzene rings is 12. The van der Waals surface area contributed by atoms with Crippen molar-refractivity contribution in [2.24, 2.45) is 0 Å². The van der Waals surface area contributed by atoms with Crippen molar-refractivity contribution in [3.05, 3.63) is 290 Å². The molecule has 6 aliphatic rings. The fourth-order valence-corrected chi connectivity index (χ4v) is 14.7. The van der Waals surface area contributed by atoms with Gasteiger partial charge in [-0.3, -0.25) is 0 Å². The van der Waals surface area contributed by atoms with Crippen LogP contribution in [-0.4, -0.2) is 20.1 Å². The van der Waals surface area contributed by atoms with Crippen LogP contribution >= 0.6 is 0 Å². The Bertz CT molecular complexity index is 4460. The molecule has 0 saturated carbocycles. The summed E-state index contributed by atoms with van der Waals surface area (Å²) in [6.07, 6.45) is 0. The molecule has 0 amide bonds. The molecule has 0 aromatic heterocycles. The summed E-state index contributed by atoms with van der Waals surface area (Å²) in [6, 6.07) is 99.4. The standard InChI is InChI=1S/3C25H18BN/c1-17-9-7-12-19-20-13-8-16-23-25(20)26(24(17)19)21-14-5-6-15-22(21)27(23)18-10-3-2-4-11-18;1-17-15-16-23-25-24(17)19-11-5-6-12-20(19)26(25)21-13-7-8-14-22(21)27(23)18-9-3-2-4-10-18;1-17-14-15-19-20-10-7-13-24-25(20)26(22(19)16-17)21-11-5-6-12-23(21)27(24)18-8-3-2-4-9-18/h3*2-16H,1H3. The lowest BCUT2D eigenvalue weighted by molar-refractivity contribution is 1.29. The fourth-order valence-electron chi connectivity index (χ4n) is 14.7. The number of nitrogens with zero attached hydrogens (tertiary/aromatic N) is 3. The van der Waals surface area contributed by atoms with E-state index in [4.69, 9.17) is 0 Å². The van der Waals surface area contributed by atoms with E-state index in [2.05, 4.69) is 308 Å². The van der Waals surface area contributed by atoms with Gasteiger partial charge in [-0.1, -0.05) is 228 Å². The Morgan fingerprint density at radius 1 is 0.235 bits per heavy atom. The van der Waals surface area contributed by atoms with E-state index in [-0.39, 0.29) is 0 Å². The first-order valence-electron chi connectivity index (χ1n) is 28.5. The van der Waals surface area contributed by atoms with Crippen molar-refractivity contribution in [2.45, 2.75) is 20.8 Å². The lowest BCUT2D eigenvalue weighted by Gasteiger charge is -2.36. The van der Waals surface area contributed by atoms with Gasteiger partial charge in [0, 0.05) is 51.2 Å². The first kappa shape index (κ1) is 47.3. The van der Waals surface area contributed by atoms with Crippen LogP contribution in [0.5, 0.6) is 0 Å². The molecule has 0 atom stereocenters. The van der Waals surface area contributed by atoms with Crippen LogP contribution in [0.3, 0.4) is 0 Å². The first-order chi connectivity index (χ1) is 40.0. The van der Waals surface area contributed by atoms with E-state index >= 15 is 0 Å². The number of aryl methyl sites for hydroxylation is 3. The van der Waals surface area contributed by atoms with Gasteiger partial charge in [-0.05, 0) is 165 Å². The van der Waals surface area contributed by atoms with Crippen molar-refractivity contribution in [1.29, 1.82) is 0 Å². The summed E-state index contributed by atoms with van der Waals surface area (Å²) in [5.41, 5.74) is 36.7. The molecule has 12 aromatic rings. The predicted octanol–water partition coefficient (Wildman–Crippen LogP) is 12.8. The highest BCUT2D eigenvalue weighted by Crippen LogP contribution is 2.44. The van der Waals surface area contributed by atoms with Crippen molar-refractivity contribution >= 4 is 120 Å². The summed E-state index contributed by atoms with van der Waals surface area (Å²) in [5, 5.41) is 0. The molecule has 6 aliphatic heterocycles. The van der Waals surface area contributed by atoms with Gasteiger partial charge in [0.1, 0.15) is 0 Å². The number of fused-ring (bicyclic) bond motifs is 15. The van der Waals surface area contributed by atoms with Gasteiger partial charge in [0.2, 0.25) is 20.1 Å². The van der Waals surface area contributed by atoms with E-state index in [1.54, 1.807) is 0 Å². The molecule has 0 unspecified atom stereocenters. The summed E-state index contributed by atoms with van der Waals surface area (Å²) in [4.78, 5) is 7.27. The van der Waals surface area contributed by atoms with E-state index in [9.17, 15) is 0 Å². The molecule has 18 rings (SSSR count). The molecule has 6 heterocycles. The van der Waals surface area contributed by atoms with Crippen LogP contribution in [0, 0.1) is 20.8 Å². The second-order valence-electron chi connectivity index (χ2n) is 22.4. The van der Waals surface area contributed by atoms with Gasteiger partial charge < -0.3 is 14.7 Å². The van der Waals surface area contributed by atoms with Gasteiger partial charge in [0.25, 0.3) is 0 Å². The maximum Gasteiger partial charge on any atom is 0.248 e. The third-order valence-electron chi connectivity index (χ3n) is 17.9. The summed E-state index contributed by atoms with van der Waals surface area (Å²) in [5.74, 6) is 0. The Labute approximate surface area is 476 Å². The summed E-state index contributed by atoms with van der Waals surface area (Å²) >= 11 is 0. The van der Waals surface area contributed by atoms with Crippen LogP contribution in [0.1, 0.15) is 16.7 Å². The maximum absolute atomic E-state index is 2.43. The second kappa shape index (κ2) is 18.7. The van der Waals surface area contributed by atoms with Gasteiger partial charge in [0.05, 0.1) is 0 Å². The lowest BCUT2D eigenvalue weighted by atomic mass is 9.36. The number of rotatable bonds is 3. The fraction of sp³-hybridized carbons (Fsp3) is 0.0400. The van der Waals surface area contributed by atoms with E-state index in [1.807, 2.05) is 0 Å². The van der Waals surface area contributed by atoms with E-state index in [0.29, 0.717) is 20.1 Å². The maximum atomic E-state index is 2.43. The smallest absolute Gasteiger partial charge is 0.248 e. The monoisotopic (exact) mass is 1030 g/mol. The SMILES string of the molecule is Cc1ccc2c(c1)B1c3ccccc3N(c3ccccc3)c3cccc-2c31.Cc1ccc2c3c1-c1ccccc1B3c1ccccc1N2c1ccccc1.Cc1cccc2c1B1c3ccccc3N(c3ccccc3)c3cccc-2c31. The van der Waals surface area contributed by atoms with Crippen LogP contribution in [-0.2, 0) is 0 Å². The Morgan fingerprint density at radius 2 is 0.630 bits per heavy atom. The summed E-state index contributed by atoms with van der Waals surface area (Å²) < 4.78 is 0. The Balaban J connectivity index is 0.000000100. The molecule has 0 N–H and O–H groups in total. The molecule has 6 heteroatoms. The van der Waals surface area contributed by atoms with Gasteiger partial charge in [-0.2, -0.15) is 0 Å². The van der Waals surface area contributed by atoms with Crippen LogP contribution in [0.15, 0.2) is 273 Å². The summed E-state index contributed by atoms with van der Waals surface area (Å²) in [7, 11) is 0. The minimum atomic E-state index is 0.322. The number of para-hydroxylation sites is 6. The first-order valence-corrected chi connectivity index (χ1v) is 28.5. The van der Waals surface area contributed by atoms with Crippen LogP contribution < -0.4 is 63.9 Å². The van der Waals surface area contributed by atoms with Crippen molar-refractivity contribution in [1.82, 2.24) is 0 Å². The molecular formula is C75H54B3N3. The quantitative estimate of drug-likeness (QED) is 0.163. The number of hydrogen-bond acceptors (Lipinski definition) is 3. The third-order valence-corrected chi connectivity index (χ3v) is 17.9. The molecule has 378 valence electrons. The molecular weight excluding hydrogens is 975 g/mol. The largest absolute Gasteiger partial charge is 0.312 e. The van der Waals surface area contributed by atoms with E-state index in [1.165, 1.54) is 150 Å². The summed E-state index contributed by atoms with van der Waals surface area (Å²) in [6.45, 7) is 7.64. The highest BCUT2D eigenvalue weighted by Gasteiger charge is 2.45. The zero-order valence-electron chi connectivity index (χ0n) is 45.6. The zero-order chi connectivity index (χ0) is 53.9. The van der Waals surface area contributed by atoms with E-state index in [0.717, 1.165) is 0 Å². The minimum Gasteiger partial charge on any atom is -0.312 e. The van der Waals surface area contributed by atoms with Crippen molar-refractivity contribution < 1.29 is 0 Å². The second-order valence-corrected chi connectivity index (χ2v) is 22.4. The molecule has 0 fully saturated rings. The molecule has 0 radical (unpaired) electrons. The Kier molecular flexibility index (Phi) is 10.9. The average molecular weight is 1030 g/mol. The van der Waals surface area contributed by atoms with Crippen molar-refractivity contribution in [2.75, 3.05) is 14.7 Å². The molecule has 0 bridgehead atoms. The molecule has 81 heavy (non-hydrogen) atoms. The van der Waals surface area contributed by atoms with Crippen LogP contribution in [0.2, 0.25) is 0 Å².